The van der Waals surface area contributed by atoms with Crippen LogP contribution in [0.1, 0.15) is 36.6 Å². The van der Waals surface area contributed by atoms with Crippen LogP contribution in [0.2, 0.25) is 0 Å². The molecule has 2 aliphatic heterocycles. The van der Waals surface area contributed by atoms with Crippen molar-refractivity contribution >= 4 is 17.4 Å². The fraction of sp³-hybridized carbons (Fsp3) is 0.241. The van der Waals surface area contributed by atoms with E-state index >= 15 is 0 Å². The Bertz CT molecular complexity index is 1380. The Kier molecular flexibility index (Phi) is 6.48. The van der Waals surface area contributed by atoms with Crippen LogP contribution in [-0.4, -0.2) is 41.7 Å². The fourth-order valence-corrected chi connectivity index (χ4v) is 4.56. The Hall–Kier alpha value is -4.46. The Balaban J connectivity index is 1.58. The van der Waals surface area contributed by atoms with Gasteiger partial charge in [0.15, 0.2) is 11.5 Å². The van der Waals surface area contributed by atoms with Gasteiger partial charge in [0, 0.05) is 12.1 Å². The first kappa shape index (κ1) is 24.2. The molecule has 1 atom stereocenters. The lowest BCUT2D eigenvalue weighted by Gasteiger charge is -2.26. The molecule has 0 aliphatic carbocycles. The Morgan fingerprint density at radius 1 is 1.00 bits per heavy atom. The van der Waals surface area contributed by atoms with E-state index in [1.54, 1.807) is 67.8 Å². The Labute approximate surface area is 214 Å². The number of carbonyl (C=O) groups excluding carboxylic acids is 2. The van der Waals surface area contributed by atoms with Gasteiger partial charge in [-0.1, -0.05) is 18.2 Å². The second-order valence-corrected chi connectivity index (χ2v) is 9.08. The number of ether oxygens (including phenoxy) is 4. The largest absolute Gasteiger partial charge is 0.507 e. The fourth-order valence-electron chi connectivity index (χ4n) is 4.56. The molecule has 1 saturated heterocycles. The molecular formula is C29H27NO7. The van der Waals surface area contributed by atoms with Crippen molar-refractivity contribution in [1.29, 1.82) is 0 Å². The van der Waals surface area contributed by atoms with Gasteiger partial charge in [-0.2, -0.15) is 0 Å². The number of methoxy groups -OCH3 is 1. The van der Waals surface area contributed by atoms with Gasteiger partial charge < -0.3 is 29.0 Å². The van der Waals surface area contributed by atoms with Crippen molar-refractivity contribution in [3.8, 4) is 23.0 Å². The van der Waals surface area contributed by atoms with E-state index in [0.717, 1.165) is 5.56 Å². The van der Waals surface area contributed by atoms with E-state index in [2.05, 4.69) is 0 Å². The number of hydrogen-bond donors (Lipinski definition) is 1. The molecule has 0 bridgehead atoms. The number of aliphatic hydroxyl groups is 1. The summed E-state index contributed by atoms with van der Waals surface area (Å²) in [6, 6.07) is 18.5. The van der Waals surface area contributed by atoms with Crippen LogP contribution >= 0.6 is 0 Å². The number of Topliss-reactive ketones (excluding diaryl/α,β-unsaturated/α-hetero) is 1. The molecule has 1 fully saturated rings. The van der Waals surface area contributed by atoms with Gasteiger partial charge in [-0.05, 0) is 73.5 Å². The molecular weight excluding hydrogens is 474 g/mol. The van der Waals surface area contributed by atoms with Gasteiger partial charge in [-0.15, -0.1) is 0 Å². The lowest BCUT2D eigenvalue weighted by molar-refractivity contribution is -0.140. The smallest absolute Gasteiger partial charge is 0.295 e. The highest BCUT2D eigenvalue weighted by atomic mass is 16.7. The molecule has 0 saturated carbocycles. The zero-order chi connectivity index (χ0) is 26.1. The number of nitrogens with zero attached hydrogens (tertiary/aromatic N) is 1. The van der Waals surface area contributed by atoms with Gasteiger partial charge in [-0.25, -0.2) is 0 Å². The summed E-state index contributed by atoms with van der Waals surface area (Å²) in [5.41, 5.74) is 1.82. The zero-order valence-corrected chi connectivity index (χ0v) is 20.8. The standard InChI is InChI=1S/C29H27NO7/c1-17(2)37-21-10-8-19(9-11-21)27(31)25-26(20-5-4-6-22(14-20)34-3)30(29(33)28(25)32)15-18-7-12-23-24(13-18)36-16-35-23/h4-14,17,26,31H,15-16H2,1-3H3/b27-25+. The molecule has 37 heavy (non-hydrogen) atoms. The molecule has 1 unspecified atom stereocenters. The number of carbonyl (C=O) groups is 2. The first-order valence-electron chi connectivity index (χ1n) is 11.9. The topological polar surface area (TPSA) is 94.5 Å². The minimum atomic E-state index is -0.827. The van der Waals surface area contributed by atoms with E-state index in [4.69, 9.17) is 18.9 Å². The van der Waals surface area contributed by atoms with Gasteiger partial charge in [-0.3, -0.25) is 9.59 Å². The SMILES string of the molecule is COc1cccc(C2/C(=C(\O)c3ccc(OC(C)C)cc3)C(=O)C(=O)N2Cc2ccc3c(c2)OCO3)c1. The molecule has 0 spiro atoms. The third kappa shape index (κ3) is 4.70. The quantitative estimate of drug-likeness (QED) is 0.281. The third-order valence-electron chi connectivity index (χ3n) is 6.24. The number of benzene rings is 3. The second kappa shape index (κ2) is 9.89. The third-order valence-corrected chi connectivity index (χ3v) is 6.24. The number of fused-ring (bicyclic) bond motifs is 1. The highest BCUT2D eigenvalue weighted by Gasteiger charge is 2.46. The van der Waals surface area contributed by atoms with Crippen molar-refractivity contribution in [3.05, 3.63) is 89.0 Å². The van der Waals surface area contributed by atoms with Gasteiger partial charge in [0.1, 0.15) is 17.3 Å². The van der Waals surface area contributed by atoms with E-state index in [1.807, 2.05) is 19.9 Å². The van der Waals surface area contributed by atoms with Crippen LogP contribution in [-0.2, 0) is 16.1 Å². The molecule has 5 rings (SSSR count). The maximum absolute atomic E-state index is 13.3. The summed E-state index contributed by atoms with van der Waals surface area (Å²) in [7, 11) is 1.55. The monoisotopic (exact) mass is 501 g/mol. The summed E-state index contributed by atoms with van der Waals surface area (Å²) in [4.78, 5) is 28.1. The van der Waals surface area contributed by atoms with Crippen molar-refractivity contribution in [2.24, 2.45) is 0 Å². The summed E-state index contributed by atoms with van der Waals surface area (Å²) in [5.74, 6) is 0.701. The van der Waals surface area contributed by atoms with Crippen molar-refractivity contribution in [2.45, 2.75) is 32.5 Å². The summed E-state index contributed by atoms with van der Waals surface area (Å²) < 4.78 is 21.9. The molecule has 8 heteroatoms. The van der Waals surface area contributed by atoms with Crippen molar-refractivity contribution < 1.29 is 33.6 Å². The average molecular weight is 502 g/mol. The number of aliphatic hydroxyl groups excluding tert-OH is 1. The molecule has 0 radical (unpaired) electrons. The molecule has 1 N–H and O–H groups in total. The second-order valence-electron chi connectivity index (χ2n) is 9.08. The normalized spacial score (nSPS) is 17.9. The number of amides is 1. The first-order chi connectivity index (χ1) is 17.9. The van der Waals surface area contributed by atoms with Crippen LogP contribution in [0.5, 0.6) is 23.0 Å². The van der Waals surface area contributed by atoms with E-state index in [9.17, 15) is 14.7 Å². The van der Waals surface area contributed by atoms with Crippen LogP contribution in [0.25, 0.3) is 5.76 Å². The molecule has 2 heterocycles. The minimum absolute atomic E-state index is 0.00554. The lowest BCUT2D eigenvalue weighted by Crippen LogP contribution is -2.29. The summed E-state index contributed by atoms with van der Waals surface area (Å²) in [5, 5.41) is 11.3. The van der Waals surface area contributed by atoms with Crippen LogP contribution < -0.4 is 18.9 Å². The first-order valence-corrected chi connectivity index (χ1v) is 11.9. The van der Waals surface area contributed by atoms with E-state index in [-0.39, 0.29) is 30.8 Å². The Morgan fingerprint density at radius 2 is 1.76 bits per heavy atom. The van der Waals surface area contributed by atoms with E-state index in [0.29, 0.717) is 34.1 Å². The van der Waals surface area contributed by atoms with Crippen molar-refractivity contribution in [2.75, 3.05) is 13.9 Å². The molecule has 0 aromatic heterocycles. The van der Waals surface area contributed by atoms with Crippen molar-refractivity contribution in [1.82, 2.24) is 4.90 Å². The minimum Gasteiger partial charge on any atom is -0.507 e. The molecule has 2 aliphatic rings. The zero-order valence-electron chi connectivity index (χ0n) is 20.8. The molecule has 1 amide bonds. The Morgan fingerprint density at radius 3 is 2.49 bits per heavy atom. The van der Waals surface area contributed by atoms with Crippen molar-refractivity contribution in [3.63, 3.8) is 0 Å². The summed E-state index contributed by atoms with van der Waals surface area (Å²) >= 11 is 0. The lowest BCUT2D eigenvalue weighted by atomic mass is 9.95. The van der Waals surface area contributed by atoms with Gasteiger partial charge in [0.25, 0.3) is 11.7 Å². The number of hydrogen-bond acceptors (Lipinski definition) is 7. The summed E-state index contributed by atoms with van der Waals surface area (Å²) in [6.07, 6.45) is -0.00554. The predicted octanol–water partition coefficient (Wildman–Crippen LogP) is 4.83. The number of ketones is 1. The summed E-state index contributed by atoms with van der Waals surface area (Å²) in [6.45, 7) is 4.10. The van der Waals surface area contributed by atoms with Crippen LogP contribution in [0.3, 0.4) is 0 Å². The average Bonchev–Trinajstić information content (AvgIpc) is 3.46. The van der Waals surface area contributed by atoms with Gasteiger partial charge >= 0.3 is 0 Å². The molecule has 190 valence electrons. The maximum Gasteiger partial charge on any atom is 0.295 e. The highest BCUT2D eigenvalue weighted by Crippen LogP contribution is 2.42. The van der Waals surface area contributed by atoms with Gasteiger partial charge in [0.2, 0.25) is 6.79 Å². The maximum atomic E-state index is 13.3. The van der Waals surface area contributed by atoms with E-state index in [1.165, 1.54) is 4.90 Å². The van der Waals surface area contributed by atoms with Gasteiger partial charge in [0.05, 0.1) is 24.8 Å². The predicted molar refractivity (Wildman–Crippen MR) is 136 cm³/mol. The van der Waals surface area contributed by atoms with Crippen LogP contribution in [0.4, 0.5) is 0 Å². The van der Waals surface area contributed by atoms with Crippen LogP contribution in [0, 0.1) is 0 Å². The van der Waals surface area contributed by atoms with E-state index < -0.39 is 17.7 Å². The number of rotatable bonds is 7. The molecule has 3 aromatic rings. The molecule has 3 aromatic carbocycles. The number of likely N-dealkylation sites (tertiary alicyclic amines) is 1. The molecule has 8 nitrogen and oxygen atoms in total. The highest BCUT2D eigenvalue weighted by molar-refractivity contribution is 6.46. The van der Waals surface area contributed by atoms with Crippen LogP contribution in [0.15, 0.2) is 72.3 Å².